The summed E-state index contributed by atoms with van der Waals surface area (Å²) in [5.41, 5.74) is 2.41. The Hall–Kier alpha value is -3.71. The first-order valence-corrected chi connectivity index (χ1v) is 23.5. The number of aromatic nitrogens is 1. The molecule has 0 bridgehead atoms. The van der Waals surface area contributed by atoms with Crippen LogP contribution in [-0.2, 0) is 28.2 Å². The molecule has 1 aromatic carbocycles. The normalized spacial score (nSPS) is 27.1. The molecule has 58 heavy (non-hydrogen) atoms. The van der Waals surface area contributed by atoms with E-state index in [1.807, 2.05) is 17.2 Å². The fourth-order valence-corrected chi connectivity index (χ4v) is 12.6. The van der Waals surface area contributed by atoms with Crippen LogP contribution in [0.15, 0.2) is 42.7 Å². The molecule has 5 heterocycles. The van der Waals surface area contributed by atoms with Gasteiger partial charge in [0, 0.05) is 42.1 Å². The van der Waals surface area contributed by atoms with E-state index in [9.17, 15) is 23.7 Å². The summed E-state index contributed by atoms with van der Waals surface area (Å²) >= 11 is 1.23. The summed E-state index contributed by atoms with van der Waals surface area (Å²) in [5.74, 6) is -2.31. The number of hydrogen-bond donors (Lipinski definition) is 2. The third-order valence-electron chi connectivity index (χ3n) is 12.8. The number of thiophene rings is 1. The van der Waals surface area contributed by atoms with Crippen molar-refractivity contribution in [2.45, 2.75) is 140 Å². The molecule has 2 aromatic heterocycles. The third-order valence-corrected chi connectivity index (χ3v) is 16.2. The summed E-state index contributed by atoms with van der Waals surface area (Å²) in [5, 5.41) is 6.32. The molecule has 0 radical (unpaired) electrons. The monoisotopic (exact) mass is 835 g/mol. The lowest BCUT2D eigenvalue weighted by molar-refractivity contribution is -0.149. The Bertz CT molecular complexity index is 2100. The Morgan fingerprint density at radius 2 is 1.74 bits per heavy atom. The molecule has 0 spiro atoms. The van der Waals surface area contributed by atoms with Gasteiger partial charge in [0.1, 0.15) is 18.1 Å². The number of esters is 1. The lowest BCUT2D eigenvalue weighted by Gasteiger charge is -2.43. The molecule has 312 valence electrons. The molecule has 3 aliphatic heterocycles. The van der Waals surface area contributed by atoms with E-state index in [2.05, 4.69) is 22.3 Å². The molecule has 3 saturated heterocycles. The third kappa shape index (κ3) is 8.49. The zero-order valence-electron chi connectivity index (χ0n) is 33.7. The predicted molar refractivity (Wildman–Crippen MR) is 219 cm³/mol. The van der Waals surface area contributed by atoms with E-state index in [0.29, 0.717) is 60.9 Å². The van der Waals surface area contributed by atoms with Gasteiger partial charge in [0.05, 0.1) is 17.1 Å². The summed E-state index contributed by atoms with van der Waals surface area (Å²) in [6.07, 6.45) is 10.8. The number of rotatable bonds is 12. The molecule has 2 N–H and O–H groups in total. The topological polar surface area (TPSA) is 147 Å². The van der Waals surface area contributed by atoms with Gasteiger partial charge in [0.25, 0.3) is 5.91 Å². The predicted octanol–water partition coefficient (Wildman–Crippen LogP) is 7.56. The van der Waals surface area contributed by atoms with E-state index in [0.717, 1.165) is 54.4 Å². The van der Waals surface area contributed by atoms with Crippen LogP contribution in [0, 0.1) is 18.8 Å². The Kier molecular flexibility index (Phi) is 11.8. The number of pyridine rings is 1. The Morgan fingerprint density at radius 1 is 0.983 bits per heavy atom. The molecule has 3 amide bonds. The maximum Gasteiger partial charge on any atom is 0.323 e. The number of aryl methyl sites for hydroxylation is 1. The minimum Gasteiger partial charge on any atom is -0.462 e. The zero-order chi connectivity index (χ0) is 40.9. The highest BCUT2D eigenvalue weighted by molar-refractivity contribution is 7.57. The average molecular weight is 836 g/mol. The molecule has 8 rings (SSSR count). The van der Waals surface area contributed by atoms with Gasteiger partial charge >= 0.3 is 13.5 Å². The van der Waals surface area contributed by atoms with Crippen LogP contribution in [0.25, 0.3) is 10.1 Å². The van der Waals surface area contributed by atoms with Gasteiger partial charge in [-0.25, -0.2) is 9.48 Å². The molecule has 2 aliphatic carbocycles. The number of nitrogens with zero attached hydrogens (tertiary/aromatic N) is 3. The van der Waals surface area contributed by atoms with E-state index in [1.165, 1.54) is 24.3 Å². The van der Waals surface area contributed by atoms with Crippen LogP contribution in [0.1, 0.15) is 123 Å². The van der Waals surface area contributed by atoms with Gasteiger partial charge in [-0.05, 0) is 131 Å². The van der Waals surface area contributed by atoms with E-state index < -0.39 is 55.6 Å². The van der Waals surface area contributed by atoms with E-state index in [4.69, 9.17) is 9.26 Å². The van der Waals surface area contributed by atoms with Crippen molar-refractivity contribution >= 4 is 52.6 Å². The quantitative estimate of drug-likeness (QED) is 0.139. The summed E-state index contributed by atoms with van der Waals surface area (Å²) in [4.78, 5) is 63.3. The number of benzene rings is 1. The van der Waals surface area contributed by atoms with Crippen LogP contribution >= 0.6 is 18.9 Å². The fraction of sp³-hybridized carbons (Fsp3) is 0.605. The minimum atomic E-state index is -4.30. The van der Waals surface area contributed by atoms with Crippen LogP contribution in [0.5, 0.6) is 0 Å². The average Bonchev–Trinajstić information content (AvgIpc) is 3.52. The summed E-state index contributed by atoms with van der Waals surface area (Å²) < 4.78 is 43.1. The summed E-state index contributed by atoms with van der Waals surface area (Å²) in [6, 6.07) is 6.03. The van der Waals surface area contributed by atoms with Gasteiger partial charge in [-0.1, -0.05) is 25.3 Å². The van der Waals surface area contributed by atoms with Crippen LogP contribution in [0.2, 0.25) is 0 Å². The van der Waals surface area contributed by atoms with E-state index in [-0.39, 0.29) is 29.3 Å². The highest BCUT2D eigenvalue weighted by atomic mass is 32.1. The first kappa shape index (κ1) is 41.0. The molecule has 15 heteroatoms. The smallest absolute Gasteiger partial charge is 0.323 e. The number of carbonyl (C=O) groups is 4. The number of fused-ring (bicyclic) bond motifs is 3. The maximum absolute atomic E-state index is 16.6. The van der Waals surface area contributed by atoms with Crippen molar-refractivity contribution in [1.29, 1.82) is 0 Å². The number of ether oxygens (including phenoxy) is 1. The van der Waals surface area contributed by atoms with Crippen molar-refractivity contribution in [2.75, 3.05) is 13.1 Å². The molecular formula is C43H55FN5O7PS. The van der Waals surface area contributed by atoms with Gasteiger partial charge in [0.15, 0.2) is 0 Å². The fourth-order valence-electron chi connectivity index (χ4n) is 9.55. The first-order valence-electron chi connectivity index (χ1n) is 21.0. The molecular weight excluding hydrogens is 781 g/mol. The SMILES string of the molecule is Cc1ccncc1C1CN(C(=O)[C@@H]2CC[C@@H]3C[C@H]4C[C@H]4C[C@H](NC(=O)c4cc5cc(C(F)P(=O)(N[C@@H](C)C(=O)OC(C)C)OC6CCCCC6)ccc5s4)C(=O)N32)C1. The van der Waals surface area contributed by atoms with E-state index >= 15 is 4.39 Å². The Labute approximate surface area is 343 Å². The molecule has 3 aromatic rings. The van der Waals surface area contributed by atoms with Crippen molar-refractivity contribution in [3.8, 4) is 0 Å². The van der Waals surface area contributed by atoms with Gasteiger partial charge in [0.2, 0.25) is 17.7 Å². The maximum atomic E-state index is 16.6. The molecule has 5 aliphatic rings. The molecule has 8 atom stereocenters. The second-order valence-electron chi connectivity index (χ2n) is 17.5. The van der Waals surface area contributed by atoms with Crippen molar-refractivity contribution in [3.63, 3.8) is 0 Å². The number of nitrogens with one attached hydrogen (secondary N) is 2. The highest BCUT2D eigenvalue weighted by Gasteiger charge is 2.52. The lowest BCUT2D eigenvalue weighted by Crippen LogP contribution is -2.59. The zero-order valence-corrected chi connectivity index (χ0v) is 35.4. The van der Waals surface area contributed by atoms with Gasteiger partial charge in [-0.2, -0.15) is 0 Å². The van der Waals surface area contributed by atoms with Gasteiger partial charge in [-0.15, -0.1) is 11.3 Å². The van der Waals surface area contributed by atoms with Gasteiger partial charge < -0.3 is 24.4 Å². The van der Waals surface area contributed by atoms with E-state index in [1.54, 1.807) is 43.1 Å². The second kappa shape index (κ2) is 16.7. The molecule has 2 unspecified atom stereocenters. The standard InChI is InChI=1S/C43H55FN5O7PS/c1-24(2)55-43(53)26(4)47-57(54,56-33-8-6-5-7-9-33)39(44)27-10-13-37-30(16-27)20-38(58-37)40(50)46-35-19-29-17-28(29)18-32-11-12-36(49(32)41(35)51)42(52)48-22-31(23-48)34-21-45-15-14-25(34)3/h10,13-16,20-21,24,26,28-29,31-33,35-36,39H,5-9,11-12,17-19,22-23H2,1-4H3,(H,46,50)(H,47,54)/t26-,28+,29-,32+,35-,36-,39?,57?/m0/s1. The summed E-state index contributed by atoms with van der Waals surface area (Å²) in [6.45, 7) is 8.16. The van der Waals surface area contributed by atoms with Crippen molar-refractivity contribution in [3.05, 3.63) is 64.3 Å². The highest BCUT2D eigenvalue weighted by Crippen LogP contribution is 2.60. The Balaban J connectivity index is 0.969. The number of amides is 3. The van der Waals surface area contributed by atoms with Crippen LogP contribution in [0.3, 0.4) is 0 Å². The first-order chi connectivity index (χ1) is 27.8. The number of alkyl halides is 1. The minimum absolute atomic E-state index is 0.0213. The van der Waals surface area contributed by atoms with Gasteiger partial charge in [-0.3, -0.25) is 28.7 Å². The summed E-state index contributed by atoms with van der Waals surface area (Å²) in [7, 11) is -4.30. The molecule has 2 saturated carbocycles. The Morgan fingerprint density at radius 3 is 2.48 bits per heavy atom. The largest absolute Gasteiger partial charge is 0.462 e. The van der Waals surface area contributed by atoms with Crippen LogP contribution in [-0.4, -0.2) is 87.9 Å². The number of likely N-dealkylation sites (tertiary alicyclic amines) is 1. The van der Waals surface area contributed by atoms with Crippen LogP contribution < -0.4 is 10.4 Å². The van der Waals surface area contributed by atoms with Crippen molar-refractivity contribution in [1.82, 2.24) is 25.2 Å². The number of halogens is 1. The van der Waals surface area contributed by atoms with Crippen molar-refractivity contribution < 1.29 is 37.4 Å². The second-order valence-corrected chi connectivity index (χ2v) is 20.7. The van der Waals surface area contributed by atoms with Crippen LogP contribution in [0.4, 0.5) is 4.39 Å². The lowest BCUT2D eigenvalue weighted by atomic mass is 9.89. The number of hydrogen-bond acceptors (Lipinski definition) is 9. The van der Waals surface area contributed by atoms with Crippen molar-refractivity contribution in [2.24, 2.45) is 11.8 Å². The molecule has 12 nitrogen and oxygen atoms in total. The number of carbonyl (C=O) groups excluding carboxylic acids is 4. The molecule has 5 fully saturated rings.